The van der Waals surface area contributed by atoms with Gasteiger partial charge in [-0.1, -0.05) is 0 Å². The Morgan fingerprint density at radius 2 is 1.76 bits per heavy atom. The summed E-state index contributed by atoms with van der Waals surface area (Å²) in [6.45, 7) is 6.67. The van der Waals surface area contributed by atoms with E-state index in [1.165, 1.54) is 20.9 Å². The van der Waals surface area contributed by atoms with Gasteiger partial charge in [0.25, 0.3) is 0 Å². The molecule has 1 rings (SSSR count). The molecule has 5 heteroatoms. The molecule has 0 aliphatic carbocycles. The summed E-state index contributed by atoms with van der Waals surface area (Å²) < 4.78 is 25.9. The molecule has 0 unspecified atom stereocenters. The number of hydrogen-bond acceptors (Lipinski definition) is 3. The van der Waals surface area contributed by atoms with E-state index in [-0.39, 0.29) is 20.9 Å². The maximum atomic E-state index is 12.7. The Balaban J connectivity index is 3.03. The van der Waals surface area contributed by atoms with E-state index in [1.54, 1.807) is 5.82 Å². The second-order valence-electron chi connectivity index (χ2n) is 4.44. The maximum absolute atomic E-state index is 12.7. The molecule has 0 fully saturated rings. The summed E-state index contributed by atoms with van der Waals surface area (Å²) in [6.07, 6.45) is 2.42. The Bertz CT molecular complexity index is 464. The fourth-order valence-corrected chi connectivity index (χ4v) is 7.66. The van der Waals surface area contributed by atoms with Crippen molar-refractivity contribution in [1.82, 2.24) is 0 Å². The zero-order valence-corrected chi connectivity index (χ0v) is 16.3. The molecule has 0 aliphatic heterocycles. The molecule has 0 atom stereocenters. The molecule has 3 nitrogen and oxygen atoms in total. The van der Waals surface area contributed by atoms with Crippen LogP contribution in [0.4, 0.5) is 0 Å². The normalized spacial score (nSPS) is 12.6. The van der Waals surface area contributed by atoms with Gasteiger partial charge in [-0.3, -0.25) is 0 Å². The van der Waals surface area contributed by atoms with Crippen LogP contribution in [0.5, 0.6) is 0 Å². The Labute approximate surface area is 138 Å². The van der Waals surface area contributed by atoms with E-state index in [1.807, 2.05) is 32.0 Å². The van der Waals surface area contributed by atoms with Crippen LogP contribution in [-0.2, 0) is 13.6 Å². The van der Waals surface area contributed by atoms with Gasteiger partial charge in [0.1, 0.15) is 0 Å². The first kappa shape index (κ1) is 18.9. The molecule has 0 saturated heterocycles. The molecule has 0 N–H and O–H groups in total. The zero-order chi connectivity index (χ0) is 15.6. The molecule has 1 aromatic carbocycles. The molecule has 21 heavy (non-hydrogen) atoms. The van der Waals surface area contributed by atoms with Crippen molar-refractivity contribution < 1.29 is 13.6 Å². The van der Waals surface area contributed by atoms with Crippen LogP contribution in [-0.4, -0.2) is 34.1 Å². The van der Waals surface area contributed by atoms with E-state index in [4.69, 9.17) is 9.05 Å². The minimum atomic E-state index is -3.12. The third-order valence-electron chi connectivity index (χ3n) is 2.71. The first-order valence-corrected chi connectivity index (χ1v) is 11.9. The van der Waals surface area contributed by atoms with E-state index >= 15 is 0 Å². The standard InChI is InChI=1S/C16H25O3PTe/c1-4-7-13-21-16(15-11-9-8-10-12-15)14-20(17,18-5-2)19-6-3/h8-12,14H,4-7,13H2,1-3H3/b16-14-. The van der Waals surface area contributed by atoms with Crippen LogP contribution in [0.25, 0.3) is 3.62 Å². The van der Waals surface area contributed by atoms with E-state index in [0.717, 1.165) is 5.56 Å². The van der Waals surface area contributed by atoms with Crippen molar-refractivity contribution in [3.63, 3.8) is 0 Å². The Morgan fingerprint density at radius 1 is 1.14 bits per heavy atom. The van der Waals surface area contributed by atoms with Crippen molar-refractivity contribution in [2.24, 2.45) is 0 Å². The topological polar surface area (TPSA) is 35.5 Å². The van der Waals surface area contributed by atoms with Crippen molar-refractivity contribution in [1.29, 1.82) is 0 Å². The average Bonchev–Trinajstić information content (AvgIpc) is 2.48. The van der Waals surface area contributed by atoms with Gasteiger partial charge >= 0.3 is 139 Å². The van der Waals surface area contributed by atoms with E-state index < -0.39 is 7.60 Å². The van der Waals surface area contributed by atoms with Crippen LogP contribution in [0, 0.1) is 0 Å². The quantitative estimate of drug-likeness (QED) is 0.296. The molecule has 0 spiro atoms. The summed E-state index contributed by atoms with van der Waals surface area (Å²) in [5, 5.41) is 0. The molecule has 0 aliphatic rings. The van der Waals surface area contributed by atoms with Crippen LogP contribution in [0.1, 0.15) is 39.2 Å². The van der Waals surface area contributed by atoms with Crippen molar-refractivity contribution in [2.75, 3.05) is 13.2 Å². The van der Waals surface area contributed by atoms with Crippen LogP contribution >= 0.6 is 7.60 Å². The van der Waals surface area contributed by atoms with Crippen LogP contribution in [0.15, 0.2) is 36.1 Å². The summed E-state index contributed by atoms with van der Waals surface area (Å²) in [6, 6.07) is 10.2. The third kappa shape index (κ3) is 7.13. The molecule has 0 amide bonds. The summed E-state index contributed by atoms with van der Waals surface area (Å²) in [7, 11) is -3.12. The van der Waals surface area contributed by atoms with Crippen molar-refractivity contribution in [3.05, 3.63) is 41.7 Å². The number of unbranched alkanes of at least 4 members (excludes halogenated alkanes) is 1. The predicted octanol–water partition coefficient (Wildman–Crippen LogP) is 5.17. The number of benzene rings is 1. The van der Waals surface area contributed by atoms with Gasteiger partial charge in [-0.2, -0.15) is 0 Å². The fraction of sp³-hybridized carbons (Fsp3) is 0.500. The Morgan fingerprint density at radius 3 is 2.29 bits per heavy atom. The Hall–Kier alpha value is -0.100. The zero-order valence-electron chi connectivity index (χ0n) is 13.1. The summed E-state index contributed by atoms with van der Waals surface area (Å²) in [5.41, 5.74) is 1.15. The van der Waals surface area contributed by atoms with E-state index in [9.17, 15) is 4.57 Å². The third-order valence-corrected chi connectivity index (χ3v) is 8.36. The van der Waals surface area contributed by atoms with Gasteiger partial charge in [0.15, 0.2) is 0 Å². The Kier molecular flexibility index (Phi) is 9.56. The summed E-state index contributed by atoms with van der Waals surface area (Å²) in [4.78, 5) is 0. The molecule has 1 aromatic rings. The molecule has 118 valence electrons. The van der Waals surface area contributed by atoms with Crippen molar-refractivity contribution in [2.45, 2.75) is 38.1 Å². The van der Waals surface area contributed by atoms with Gasteiger partial charge in [0, 0.05) is 0 Å². The molecule has 0 heterocycles. The van der Waals surface area contributed by atoms with Crippen LogP contribution in [0.2, 0.25) is 4.47 Å². The predicted molar refractivity (Wildman–Crippen MR) is 90.7 cm³/mol. The minimum absolute atomic E-state index is 0.382. The summed E-state index contributed by atoms with van der Waals surface area (Å²) >= 11 is -0.382. The first-order chi connectivity index (χ1) is 10.1. The fourth-order valence-electron chi connectivity index (χ4n) is 1.74. The molecular formula is C16H25O3PTe. The molecule has 0 aromatic heterocycles. The van der Waals surface area contributed by atoms with E-state index in [0.29, 0.717) is 13.2 Å². The SMILES string of the molecule is CCCC[Te]/C(=C\P(=O)(OCC)OCC)c1ccccc1. The number of rotatable bonds is 10. The monoisotopic (exact) mass is 426 g/mol. The van der Waals surface area contributed by atoms with Gasteiger partial charge in [0.2, 0.25) is 0 Å². The van der Waals surface area contributed by atoms with Gasteiger partial charge in [-0.25, -0.2) is 0 Å². The van der Waals surface area contributed by atoms with Crippen LogP contribution in [0.3, 0.4) is 0 Å². The van der Waals surface area contributed by atoms with Crippen molar-refractivity contribution >= 4 is 32.1 Å². The van der Waals surface area contributed by atoms with Crippen LogP contribution < -0.4 is 0 Å². The number of hydrogen-bond donors (Lipinski definition) is 0. The van der Waals surface area contributed by atoms with E-state index in [2.05, 4.69) is 19.1 Å². The van der Waals surface area contributed by atoms with Gasteiger partial charge < -0.3 is 0 Å². The first-order valence-electron chi connectivity index (χ1n) is 7.45. The molecular weight excluding hydrogens is 399 g/mol. The summed E-state index contributed by atoms with van der Waals surface area (Å²) in [5.74, 6) is 1.77. The average molecular weight is 424 g/mol. The molecule has 0 bridgehead atoms. The molecule has 0 radical (unpaired) electrons. The second-order valence-corrected chi connectivity index (χ2v) is 9.54. The van der Waals surface area contributed by atoms with Crippen molar-refractivity contribution in [3.8, 4) is 0 Å². The van der Waals surface area contributed by atoms with Gasteiger partial charge in [-0.05, 0) is 0 Å². The second kappa shape index (κ2) is 10.6. The van der Waals surface area contributed by atoms with Gasteiger partial charge in [0.05, 0.1) is 0 Å². The van der Waals surface area contributed by atoms with Gasteiger partial charge in [-0.15, -0.1) is 0 Å². The molecule has 0 saturated carbocycles.